The zero-order chi connectivity index (χ0) is 53.6. The zero-order valence-electron chi connectivity index (χ0n) is 43.4. The van der Waals surface area contributed by atoms with E-state index in [1.807, 2.05) is 32.0 Å². The first kappa shape index (κ1) is 60.2. The molecule has 0 saturated heterocycles. The molecule has 4 aromatic carbocycles. The number of amides is 3. The number of nitrogens with one attached hydrogen (secondary N) is 1. The molecule has 404 valence electrons. The summed E-state index contributed by atoms with van der Waals surface area (Å²) in [6.07, 6.45) is 1.37. The first-order chi connectivity index (χ1) is 34.3. The number of ether oxygens (including phenoxy) is 4. The van der Waals surface area contributed by atoms with E-state index in [0.29, 0.717) is 74.6 Å². The third-order valence-electron chi connectivity index (χ3n) is 11.5. The molecule has 2 aliphatic heterocycles. The predicted molar refractivity (Wildman–Crippen MR) is 275 cm³/mol. The molecular weight excluding hydrogens is 988 g/mol. The van der Waals surface area contributed by atoms with Gasteiger partial charge in [0.05, 0.1) is 32.6 Å². The smallest absolute Gasteiger partial charge is 0.410 e. The molecule has 0 spiro atoms. The highest BCUT2D eigenvalue weighted by Gasteiger charge is 2.31. The number of carboxylic acids is 1. The highest BCUT2D eigenvalue weighted by Crippen LogP contribution is 2.33. The number of carbonyl (C=O) groups is 5. The van der Waals surface area contributed by atoms with Crippen molar-refractivity contribution in [3.63, 3.8) is 0 Å². The van der Waals surface area contributed by atoms with E-state index in [1.54, 1.807) is 69.5 Å². The standard InChI is InChI=1S/C32H42F2N2O6.C23H26F2N2O4.ClH/c1-21(16-22-8-9-24(33)18-26(22)34)20-40-25-10-11-27-23(17-25)12-15-36(27)28(37)19-35(30(39)42-32(5,6)7)14-13-29(38)41-31(2,3)4;1-15(10-16-2-3-18(24)12-20(16)25)14-31-19-4-5-21-17(11-19)7-9-27(21)22(28)13-26-8-6-23(29)30;/h8-11,17-18,21H,12-16,19-20H2,1-7H3;2-5,11-12,15,26H,6-10,13-14H2,1H3,(H,29,30);1H. The highest BCUT2D eigenvalue weighted by atomic mass is 35.5. The van der Waals surface area contributed by atoms with Crippen molar-refractivity contribution < 1.29 is 65.6 Å². The molecule has 0 aliphatic carbocycles. The highest BCUT2D eigenvalue weighted by molar-refractivity contribution is 5.98. The Morgan fingerprint density at radius 1 is 0.662 bits per heavy atom. The van der Waals surface area contributed by atoms with E-state index in [0.717, 1.165) is 34.6 Å². The van der Waals surface area contributed by atoms with E-state index < -0.39 is 52.5 Å². The number of aliphatic carboxylic acids is 1. The van der Waals surface area contributed by atoms with Crippen LogP contribution in [0.4, 0.5) is 33.7 Å². The monoisotopic (exact) mass is 1060 g/mol. The summed E-state index contributed by atoms with van der Waals surface area (Å²) >= 11 is 0. The van der Waals surface area contributed by atoms with Gasteiger partial charge in [0.1, 0.15) is 52.5 Å². The van der Waals surface area contributed by atoms with Gasteiger partial charge in [0.25, 0.3) is 0 Å². The minimum Gasteiger partial charge on any atom is -0.493 e. The van der Waals surface area contributed by atoms with Crippen LogP contribution in [0.2, 0.25) is 0 Å². The van der Waals surface area contributed by atoms with Gasteiger partial charge in [-0.1, -0.05) is 26.0 Å². The van der Waals surface area contributed by atoms with Gasteiger partial charge in [-0.15, -0.1) is 12.4 Å². The third-order valence-corrected chi connectivity index (χ3v) is 11.5. The van der Waals surface area contributed by atoms with Crippen LogP contribution in [0.5, 0.6) is 11.5 Å². The van der Waals surface area contributed by atoms with Crippen molar-refractivity contribution in [3.8, 4) is 11.5 Å². The Morgan fingerprint density at radius 2 is 1.14 bits per heavy atom. The van der Waals surface area contributed by atoms with Gasteiger partial charge in [-0.25, -0.2) is 22.4 Å². The summed E-state index contributed by atoms with van der Waals surface area (Å²) in [5, 5.41) is 11.5. The molecule has 4 aromatic rings. The van der Waals surface area contributed by atoms with Crippen LogP contribution in [-0.2, 0) is 54.3 Å². The molecule has 2 aliphatic rings. The average molecular weight is 1060 g/mol. The summed E-state index contributed by atoms with van der Waals surface area (Å²) in [7, 11) is 0. The molecule has 19 heteroatoms. The van der Waals surface area contributed by atoms with Crippen molar-refractivity contribution in [1.29, 1.82) is 0 Å². The first-order valence-electron chi connectivity index (χ1n) is 24.5. The second kappa shape index (κ2) is 27.2. The van der Waals surface area contributed by atoms with Crippen LogP contribution in [0.3, 0.4) is 0 Å². The van der Waals surface area contributed by atoms with E-state index in [4.69, 9.17) is 24.1 Å². The van der Waals surface area contributed by atoms with E-state index in [2.05, 4.69) is 5.32 Å². The molecule has 0 radical (unpaired) electrons. The Bertz CT molecular complexity index is 2590. The second-order valence-corrected chi connectivity index (χ2v) is 20.4. The number of hydrogen-bond acceptors (Lipinski definition) is 10. The van der Waals surface area contributed by atoms with E-state index in [-0.39, 0.29) is 75.1 Å². The van der Waals surface area contributed by atoms with Gasteiger partial charge < -0.3 is 39.2 Å². The maximum absolute atomic E-state index is 14.0. The van der Waals surface area contributed by atoms with Gasteiger partial charge >= 0.3 is 18.0 Å². The maximum Gasteiger partial charge on any atom is 0.410 e. The average Bonchev–Trinajstić information content (AvgIpc) is 3.93. The lowest BCUT2D eigenvalue weighted by molar-refractivity contribution is -0.155. The molecule has 2 heterocycles. The number of halogens is 5. The lowest BCUT2D eigenvalue weighted by Gasteiger charge is -2.29. The minimum atomic E-state index is -0.906. The molecular formula is C55H69ClF4N4O10. The van der Waals surface area contributed by atoms with Crippen molar-refractivity contribution in [2.75, 3.05) is 62.3 Å². The Kier molecular flexibility index (Phi) is 22.1. The number of anilines is 2. The van der Waals surface area contributed by atoms with E-state index in [9.17, 15) is 41.5 Å². The summed E-state index contributed by atoms with van der Waals surface area (Å²) in [5.41, 5.74) is 2.95. The molecule has 6 rings (SSSR count). The number of carbonyl (C=O) groups excluding carboxylic acids is 4. The Morgan fingerprint density at radius 3 is 1.58 bits per heavy atom. The van der Waals surface area contributed by atoms with Crippen LogP contribution >= 0.6 is 12.4 Å². The summed E-state index contributed by atoms with van der Waals surface area (Å²) < 4.78 is 76.7. The van der Waals surface area contributed by atoms with Gasteiger partial charge in [-0.2, -0.15) is 0 Å². The fourth-order valence-corrected chi connectivity index (χ4v) is 8.09. The topological polar surface area (TPSA) is 164 Å². The number of carboxylic acid groups (broad SMARTS) is 1. The molecule has 2 atom stereocenters. The van der Waals surface area contributed by atoms with Crippen molar-refractivity contribution in [1.82, 2.24) is 10.2 Å². The van der Waals surface area contributed by atoms with Crippen molar-refractivity contribution in [2.45, 2.75) is 105 Å². The number of rotatable bonds is 20. The largest absolute Gasteiger partial charge is 0.493 e. The zero-order valence-corrected chi connectivity index (χ0v) is 44.2. The lowest BCUT2D eigenvalue weighted by atomic mass is 10.0. The molecule has 0 fully saturated rings. The fraction of sp³-hybridized carbons (Fsp3) is 0.473. The Labute approximate surface area is 437 Å². The number of esters is 1. The molecule has 0 aromatic heterocycles. The SMILES string of the molecule is CC(COc1ccc2c(c1)CCN2C(=O)CN(CCC(=O)OC(C)(C)C)C(=O)OC(C)(C)C)Cc1ccc(F)cc1F.CC(COc1ccc2c(c1)CCN2C(=O)CNCCC(=O)O)Cc1ccc(F)cc1F.Cl. The number of benzene rings is 4. The van der Waals surface area contributed by atoms with E-state index in [1.165, 1.54) is 29.2 Å². The number of hydrogen-bond donors (Lipinski definition) is 2. The van der Waals surface area contributed by atoms with Crippen LogP contribution < -0.4 is 24.6 Å². The maximum atomic E-state index is 14.0. The molecule has 74 heavy (non-hydrogen) atoms. The molecule has 0 saturated carbocycles. The molecule has 2 unspecified atom stereocenters. The van der Waals surface area contributed by atoms with Crippen LogP contribution in [0.15, 0.2) is 72.8 Å². The molecule has 14 nitrogen and oxygen atoms in total. The van der Waals surface area contributed by atoms with Crippen LogP contribution in [0.1, 0.15) is 90.5 Å². The summed E-state index contributed by atoms with van der Waals surface area (Å²) in [5.74, 6) is -2.78. The second-order valence-electron chi connectivity index (χ2n) is 20.4. The van der Waals surface area contributed by atoms with Gasteiger partial charge in [-0.3, -0.25) is 24.1 Å². The van der Waals surface area contributed by atoms with Crippen molar-refractivity contribution in [3.05, 3.63) is 118 Å². The predicted octanol–water partition coefficient (Wildman–Crippen LogP) is 9.68. The van der Waals surface area contributed by atoms with Gasteiger partial charge in [-0.05, 0) is 150 Å². The number of fused-ring (bicyclic) bond motifs is 2. The Balaban J connectivity index is 0.000000330. The molecule has 2 N–H and O–H groups in total. The van der Waals surface area contributed by atoms with E-state index >= 15 is 0 Å². The van der Waals surface area contributed by atoms with Crippen LogP contribution in [0, 0.1) is 35.1 Å². The summed E-state index contributed by atoms with van der Waals surface area (Å²) in [6, 6.07) is 18.2. The minimum absolute atomic E-state index is 0. The van der Waals surface area contributed by atoms with Gasteiger partial charge in [0, 0.05) is 49.7 Å². The van der Waals surface area contributed by atoms with Crippen molar-refractivity contribution in [2.24, 2.45) is 11.8 Å². The molecule has 3 amide bonds. The van der Waals surface area contributed by atoms with Crippen LogP contribution in [-0.4, -0.2) is 104 Å². The molecule has 0 bridgehead atoms. The summed E-state index contributed by atoms with van der Waals surface area (Å²) in [6.45, 7) is 16.1. The Hall–Kier alpha value is -6.40. The first-order valence-corrected chi connectivity index (χ1v) is 24.5. The van der Waals surface area contributed by atoms with Gasteiger partial charge in [0.2, 0.25) is 11.8 Å². The third kappa shape index (κ3) is 19.1. The quantitative estimate of drug-likeness (QED) is 0.0492. The summed E-state index contributed by atoms with van der Waals surface area (Å²) in [4.78, 5) is 66.0. The number of nitrogens with zero attached hydrogens (tertiary/aromatic N) is 3. The normalized spacial score (nSPS) is 13.6. The van der Waals surface area contributed by atoms with Gasteiger partial charge in [0.15, 0.2) is 0 Å². The van der Waals surface area contributed by atoms with Crippen LogP contribution in [0.25, 0.3) is 0 Å². The fourth-order valence-electron chi connectivity index (χ4n) is 8.09. The van der Waals surface area contributed by atoms with Crippen molar-refractivity contribution >= 4 is 53.6 Å². The lowest BCUT2D eigenvalue weighted by Crippen LogP contribution is -2.45.